The summed E-state index contributed by atoms with van der Waals surface area (Å²) in [4.78, 5) is 4.52. The highest BCUT2D eigenvalue weighted by Crippen LogP contribution is 2.28. The van der Waals surface area contributed by atoms with Crippen LogP contribution in [0.4, 0.5) is 0 Å². The first-order valence-electron chi connectivity index (χ1n) is 6.38. The van der Waals surface area contributed by atoms with Crippen LogP contribution in [0.25, 0.3) is 0 Å². The number of methoxy groups -OCH3 is 1. The fourth-order valence-electron chi connectivity index (χ4n) is 2.62. The molecule has 0 saturated heterocycles. The summed E-state index contributed by atoms with van der Waals surface area (Å²) in [5, 5.41) is 9.97. The zero-order valence-electron chi connectivity index (χ0n) is 10.6. The summed E-state index contributed by atoms with van der Waals surface area (Å²) in [6.07, 6.45) is 5.14. The van der Waals surface area contributed by atoms with Crippen molar-refractivity contribution in [2.75, 3.05) is 7.11 Å². The number of nitrogens with zero attached hydrogens (tertiary/aromatic N) is 1. The molecule has 0 bridgehead atoms. The van der Waals surface area contributed by atoms with E-state index in [-0.39, 0.29) is 6.10 Å². The predicted molar refractivity (Wildman–Crippen MR) is 67.2 cm³/mol. The molecule has 94 valence electrons. The van der Waals surface area contributed by atoms with Gasteiger partial charge < -0.3 is 9.84 Å². The van der Waals surface area contributed by atoms with Crippen LogP contribution in [0, 0.1) is 12.8 Å². The number of aliphatic hydroxyl groups is 1. The monoisotopic (exact) mass is 235 g/mol. The fourth-order valence-corrected chi connectivity index (χ4v) is 2.62. The summed E-state index contributed by atoms with van der Waals surface area (Å²) >= 11 is 0. The van der Waals surface area contributed by atoms with E-state index in [1.807, 2.05) is 19.1 Å². The van der Waals surface area contributed by atoms with E-state index in [0.717, 1.165) is 42.8 Å². The van der Waals surface area contributed by atoms with Gasteiger partial charge in [-0.05, 0) is 32.1 Å². The van der Waals surface area contributed by atoms with Crippen molar-refractivity contribution in [1.29, 1.82) is 0 Å². The lowest BCUT2D eigenvalue weighted by Crippen LogP contribution is -2.26. The van der Waals surface area contributed by atoms with E-state index in [9.17, 15) is 5.11 Å². The molecule has 0 amide bonds. The van der Waals surface area contributed by atoms with Crippen molar-refractivity contribution < 1.29 is 9.84 Å². The average Bonchev–Trinajstić information content (AvgIpc) is 2.31. The highest BCUT2D eigenvalue weighted by Gasteiger charge is 2.23. The normalized spacial score (nSPS) is 24.6. The van der Waals surface area contributed by atoms with E-state index < -0.39 is 0 Å². The predicted octanol–water partition coefficient (Wildman–Crippen LogP) is 2.49. The van der Waals surface area contributed by atoms with Gasteiger partial charge in [-0.1, -0.05) is 12.8 Å². The zero-order chi connectivity index (χ0) is 12.3. The molecule has 1 aliphatic carbocycles. The molecule has 0 spiro atoms. The standard InChI is InChI=1S/C14H21NO2/c1-10-7-13(17-2)9-12(15-10)8-11-5-3-4-6-14(11)16/h7,9,11,14,16H,3-6,8H2,1-2H3. The van der Waals surface area contributed by atoms with Gasteiger partial charge in [-0.25, -0.2) is 0 Å². The first-order chi connectivity index (χ1) is 8.19. The molecule has 1 aromatic heterocycles. The van der Waals surface area contributed by atoms with Gasteiger partial charge in [-0.3, -0.25) is 4.98 Å². The van der Waals surface area contributed by atoms with Gasteiger partial charge in [-0.2, -0.15) is 0 Å². The molecule has 0 aliphatic heterocycles. The number of hydrogen-bond donors (Lipinski definition) is 1. The molecule has 0 aromatic carbocycles. The van der Waals surface area contributed by atoms with E-state index in [0.29, 0.717) is 5.92 Å². The molecule has 1 saturated carbocycles. The maximum absolute atomic E-state index is 9.97. The summed E-state index contributed by atoms with van der Waals surface area (Å²) in [7, 11) is 1.67. The minimum absolute atomic E-state index is 0.156. The van der Waals surface area contributed by atoms with Crippen molar-refractivity contribution in [2.24, 2.45) is 5.92 Å². The second kappa shape index (κ2) is 5.50. The van der Waals surface area contributed by atoms with Crippen LogP contribution in [0.1, 0.15) is 37.1 Å². The van der Waals surface area contributed by atoms with Crippen LogP contribution in [-0.4, -0.2) is 23.3 Å². The lowest BCUT2D eigenvalue weighted by Gasteiger charge is -2.27. The minimum atomic E-state index is -0.156. The van der Waals surface area contributed by atoms with Crippen LogP contribution in [0.3, 0.4) is 0 Å². The Labute approximate surface area is 103 Å². The van der Waals surface area contributed by atoms with Crippen molar-refractivity contribution in [3.05, 3.63) is 23.5 Å². The molecule has 1 fully saturated rings. The highest BCUT2D eigenvalue weighted by molar-refractivity contribution is 5.27. The number of aromatic nitrogens is 1. The Morgan fingerprint density at radius 1 is 1.35 bits per heavy atom. The number of pyridine rings is 1. The first kappa shape index (κ1) is 12.4. The first-order valence-corrected chi connectivity index (χ1v) is 6.38. The molecule has 1 heterocycles. The van der Waals surface area contributed by atoms with E-state index in [1.165, 1.54) is 6.42 Å². The number of rotatable bonds is 3. The van der Waals surface area contributed by atoms with Crippen LogP contribution in [-0.2, 0) is 6.42 Å². The van der Waals surface area contributed by atoms with Crippen molar-refractivity contribution in [1.82, 2.24) is 4.98 Å². The third-order valence-electron chi connectivity index (χ3n) is 3.56. The number of ether oxygens (including phenoxy) is 1. The highest BCUT2D eigenvalue weighted by atomic mass is 16.5. The molecule has 1 aromatic rings. The summed E-state index contributed by atoms with van der Waals surface area (Å²) in [5.41, 5.74) is 2.01. The Balaban J connectivity index is 2.09. The minimum Gasteiger partial charge on any atom is -0.497 e. The van der Waals surface area contributed by atoms with E-state index in [2.05, 4.69) is 4.98 Å². The van der Waals surface area contributed by atoms with Gasteiger partial charge in [0.2, 0.25) is 0 Å². The lowest BCUT2D eigenvalue weighted by atomic mass is 9.83. The molecule has 17 heavy (non-hydrogen) atoms. The Hall–Kier alpha value is -1.09. The van der Waals surface area contributed by atoms with Gasteiger partial charge in [0, 0.05) is 23.5 Å². The van der Waals surface area contributed by atoms with Crippen molar-refractivity contribution >= 4 is 0 Å². The second-order valence-electron chi connectivity index (χ2n) is 4.96. The fraction of sp³-hybridized carbons (Fsp3) is 0.643. The van der Waals surface area contributed by atoms with Crippen LogP contribution >= 0.6 is 0 Å². The molecule has 2 atom stereocenters. The van der Waals surface area contributed by atoms with E-state index in [4.69, 9.17) is 4.74 Å². The largest absolute Gasteiger partial charge is 0.497 e. The van der Waals surface area contributed by atoms with Gasteiger partial charge in [-0.15, -0.1) is 0 Å². The Morgan fingerprint density at radius 2 is 2.12 bits per heavy atom. The Kier molecular flexibility index (Phi) is 4.00. The van der Waals surface area contributed by atoms with Gasteiger partial charge in [0.05, 0.1) is 13.2 Å². The van der Waals surface area contributed by atoms with Gasteiger partial charge in [0.1, 0.15) is 5.75 Å². The van der Waals surface area contributed by atoms with Crippen LogP contribution in [0.15, 0.2) is 12.1 Å². The van der Waals surface area contributed by atoms with Crippen LogP contribution in [0.5, 0.6) is 5.75 Å². The summed E-state index contributed by atoms with van der Waals surface area (Å²) in [6.45, 7) is 1.98. The maximum Gasteiger partial charge on any atom is 0.122 e. The van der Waals surface area contributed by atoms with Crippen LogP contribution in [0.2, 0.25) is 0 Å². The summed E-state index contributed by atoms with van der Waals surface area (Å²) < 4.78 is 5.25. The molecule has 3 nitrogen and oxygen atoms in total. The van der Waals surface area contributed by atoms with Crippen LogP contribution < -0.4 is 4.74 Å². The average molecular weight is 235 g/mol. The smallest absolute Gasteiger partial charge is 0.122 e. The molecular formula is C14H21NO2. The van der Waals surface area contributed by atoms with E-state index >= 15 is 0 Å². The lowest BCUT2D eigenvalue weighted by molar-refractivity contribution is 0.0695. The van der Waals surface area contributed by atoms with Gasteiger partial charge in [0.25, 0.3) is 0 Å². The second-order valence-corrected chi connectivity index (χ2v) is 4.96. The zero-order valence-corrected chi connectivity index (χ0v) is 10.6. The molecule has 0 radical (unpaired) electrons. The number of aryl methyl sites for hydroxylation is 1. The number of hydrogen-bond acceptors (Lipinski definition) is 3. The summed E-state index contributed by atoms with van der Waals surface area (Å²) in [5.74, 6) is 1.22. The molecule has 2 rings (SSSR count). The molecule has 1 N–H and O–H groups in total. The SMILES string of the molecule is COc1cc(C)nc(CC2CCCCC2O)c1. The Morgan fingerprint density at radius 3 is 2.82 bits per heavy atom. The van der Waals surface area contributed by atoms with Crippen molar-refractivity contribution in [3.63, 3.8) is 0 Å². The molecule has 3 heteroatoms. The van der Waals surface area contributed by atoms with Crippen molar-refractivity contribution in [2.45, 2.75) is 45.1 Å². The topological polar surface area (TPSA) is 42.4 Å². The van der Waals surface area contributed by atoms with Gasteiger partial charge in [0.15, 0.2) is 0 Å². The molecule has 1 aliphatic rings. The van der Waals surface area contributed by atoms with Gasteiger partial charge >= 0.3 is 0 Å². The van der Waals surface area contributed by atoms with E-state index in [1.54, 1.807) is 7.11 Å². The third kappa shape index (κ3) is 3.19. The molecule has 2 unspecified atom stereocenters. The maximum atomic E-state index is 9.97. The molecular weight excluding hydrogens is 214 g/mol. The summed E-state index contributed by atoms with van der Waals surface area (Å²) in [6, 6.07) is 3.91. The third-order valence-corrected chi connectivity index (χ3v) is 3.56. The van der Waals surface area contributed by atoms with Crippen molar-refractivity contribution in [3.8, 4) is 5.75 Å². The number of aliphatic hydroxyl groups excluding tert-OH is 1. The quantitative estimate of drug-likeness (QED) is 0.875. The Bertz CT molecular complexity index is 378.